The number of nitrogens with one attached hydrogen (secondary N) is 3. The van der Waals surface area contributed by atoms with Crippen molar-refractivity contribution in [2.45, 2.75) is 24.1 Å². The number of H-pyrrole nitrogens is 1. The zero-order valence-corrected chi connectivity index (χ0v) is 16.2. The van der Waals surface area contributed by atoms with Crippen LogP contribution < -0.4 is 21.9 Å². The first-order valence-electron chi connectivity index (χ1n) is 8.90. The Balaban J connectivity index is 1.57. The number of aromatic nitrogens is 2. The lowest BCUT2D eigenvalue weighted by atomic mass is 10.2. The van der Waals surface area contributed by atoms with Gasteiger partial charge in [-0.1, -0.05) is 11.8 Å². The van der Waals surface area contributed by atoms with Crippen molar-refractivity contribution in [2.24, 2.45) is 0 Å². The molecular weight excluding hydrogens is 401 g/mol. The fourth-order valence-corrected chi connectivity index (χ4v) is 3.36. The highest BCUT2D eigenvalue weighted by Gasteiger charge is 2.17. The van der Waals surface area contributed by atoms with Gasteiger partial charge in [-0.2, -0.15) is 0 Å². The van der Waals surface area contributed by atoms with E-state index < -0.39 is 17.3 Å². The van der Waals surface area contributed by atoms with Gasteiger partial charge >= 0.3 is 0 Å². The Morgan fingerprint density at radius 3 is 2.76 bits per heavy atom. The molecule has 0 aliphatic carbocycles. The van der Waals surface area contributed by atoms with Crippen molar-refractivity contribution in [1.82, 2.24) is 15.3 Å². The van der Waals surface area contributed by atoms with E-state index in [1.54, 1.807) is 0 Å². The highest BCUT2D eigenvalue weighted by atomic mass is 32.2. The molecular formula is C18H20FN5O4S. The molecule has 3 rings (SSSR count). The molecule has 2 aromatic rings. The number of amides is 2. The number of nitrogens with zero attached hydrogens (tertiary/aromatic N) is 1. The van der Waals surface area contributed by atoms with Crippen molar-refractivity contribution in [3.63, 3.8) is 0 Å². The minimum absolute atomic E-state index is 0.0381. The second-order valence-electron chi connectivity index (χ2n) is 6.32. The van der Waals surface area contributed by atoms with E-state index in [1.807, 2.05) is 0 Å². The highest BCUT2D eigenvalue weighted by molar-refractivity contribution is 7.99. The highest BCUT2D eigenvalue weighted by Crippen LogP contribution is 2.17. The number of rotatable bonds is 7. The fraction of sp³-hybridized carbons (Fsp3) is 0.333. The summed E-state index contributed by atoms with van der Waals surface area (Å²) in [6, 6.07) is 4.82. The molecule has 1 aliphatic heterocycles. The van der Waals surface area contributed by atoms with Crippen LogP contribution in [0.1, 0.15) is 23.2 Å². The smallest absolute Gasteiger partial charge is 0.277 e. The van der Waals surface area contributed by atoms with Crippen molar-refractivity contribution >= 4 is 35.1 Å². The number of benzene rings is 1. The molecule has 2 heterocycles. The number of thioether (sulfide) groups is 1. The number of aromatic amines is 1. The van der Waals surface area contributed by atoms with Gasteiger partial charge in [0.25, 0.3) is 11.5 Å². The van der Waals surface area contributed by atoms with Crippen molar-refractivity contribution < 1.29 is 18.7 Å². The van der Waals surface area contributed by atoms with E-state index in [2.05, 4.69) is 20.6 Å². The molecule has 29 heavy (non-hydrogen) atoms. The summed E-state index contributed by atoms with van der Waals surface area (Å²) in [6.45, 7) is 1.16. The molecule has 1 aromatic heterocycles. The van der Waals surface area contributed by atoms with Crippen LogP contribution in [0.15, 0.2) is 34.2 Å². The lowest BCUT2D eigenvalue weighted by molar-refractivity contribution is -0.119. The number of anilines is 2. The van der Waals surface area contributed by atoms with E-state index in [0.29, 0.717) is 13.2 Å². The zero-order chi connectivity index (χ0) is 20.8. The summed E-state index contributed by atoms with van der Waals surface area (Å²) in [5.41, 5.74) is 5.07. The maximum Gasteiger partial charge on any atom is 0.277 e. The average molecular weight is 421 g/mol. The number of halogens is 1. The second kappa shape index (κ2) is 9.52. The first-order chi connectivity index (χ1) is 13.9. The summed E-state index contributed by atoms with van der Waals surface area (Å²) in [5.74, 6) is -1.48. The lowest BCUT2D eigenvalue weighted by Gasteiger charge is -2.11. The summed E-state index contributed by atoms with van der Waals surface area (Å²) in [4.78, 5) is 42.8. The second-order valence-corrected chi connectivity index (χ2v) is 7.28. The number of nitrogens with two attached hydrogens (primary N) is 1. The van der Waals surface area contributed by atoms with E-state index in [-0.39, 0.29) is 40.0 Å². The number of nitrogen functional groups attached to an aromatic ring is 1. The molecule has 0 radical (unpaired) electrons. The Bertz CT molecular complexity index is 944. The molecule has 9 nitrogen and oxygen atoms in total. The van der Waals surface area contributed by atoms with Crippen molar-refractivity contribution in [3.8, 4) is 0 Å². The van der Waals surface area contributed by atoms with E-state index in [0.717, 1.165) is 36.7 Å². The Hall–Kier alpha value is -2.92. The molecule has 1 fully saturated rings. The quantitative estimate of drug-likeness (QED) is 0.388. The first-order valence-corrected chi connectivity index (χ1v) is 9.88. The summed E-state index contributed by atoms with van der Waals surface area (Å²) in [5, 5.41) is 5.28. The minimum Gasteiger partial charge on any atom is -0.382 e. The van der Waals surface area contributed by atoms with Crippen LogP contribution in [-0.4, -0.2) is 46.8 Å². The Morgan fingerprint density at radius 2 is 2.10 bits per heavy atom. The van der Waals surface area contributed by atoms with Gasteiger partial charge in [0.05, 0.1) is 11.9 Å². The number of hydrogen-bond acceptors (Lipinski definition) is 7. The zero-order valence-electron chi connectivity index (χ0n) is 15.4. The molecule has 0 unspecified atom stereocenters. The van der Waals surface area contributed by atoms with Crippen molar-refractivity contribution in [1.29, 1.82) is 0 Å². The molecule has 2 amide bonds. The van der Waals surface area contributed by atoms with Gasteiger partial charge in [-0.05, 0) is 37.1 Å². The minimum atomic E-state index is -0.657. The Kier molecular flexibility index (Phi) is 6.83. The van der Waals surface area contributed by atoms with E-state index in [1.165, 1.54) is 12.1 Å². The van der Waals surface area contributed by atoms with Gasteiger partial charge in [0, 0.05) is 18.7 Å². The van der Waals surface area contributed by atoms with Crippen LogP contribution in [0.3, 0.4) is 0 Å². The number of hydrogen-bond donors (Lipinski definition) is 4. The largest absolute Gasteiger partial charge is 0.382 e. The molecule has 154 valence electrons. The van der Waals surface area contributed by atoms with E-state index in [4.69, 9.17) is 10.5 Å². The Morgan fingerprint density at radius 1 is 1.34 bits per heavy atom. The van der Waals surface area contributed by atoms with E-state index >= 15 is 0 Å². The van der Waals surface area contributed by atoms with Crippen LogP contribution in [0.2, 0.25) is 0 Å². The molecule has 1 atom stereocenters. The third-order valence-corrected chi connectivity index (χ3v) is 5.03. The van der Waals surface area contributed by atoms with Crippen LogP contribution in [-0.2, 0) is 9.53 Å². The lowest BCUT2D eigenvalue weighted by Crippen LogP contribution is -2.33. The SMILES string of the molecule is Nc1nc(SCC(=O)NC[C@@H]2CCCO2)[nH]c(=O)c1NC(=O)c1ccc(F)cc1. The van der Waals surface area contributed by atoms with Crippen LogP contribution in [0.4, 0.5) is 15.9 Å². The molecule has 1 aliphatic rings. The van der Waals surface area contributed by atoms with Gasteiger partial charge in [0.15, 0.2) is 11.0 Å². The van der Waals surface area contributed by atoms with Gasteiger partial charge in [-0.25, -0.2) is 9.37 Å². The van der Waals surface area contributed by atoms with Gasteiger partial charge in [-0.15, -0.1) is 0 Å². The fourth-order valence-electron chi connectivity index (χ4n) is 2.66. The molecule has 0 saturated carbocycles. The topological polar surface area (TPSA) is 139 Å². The molecule has 0 spiro atoms. The molecule has 1 aromatic carbocycles. The van der Waals surface area contributed by atoms with Crippen molar-refractivity contribution in [3.05, 3.63) is 46.0 Å². The van der Waals surface area contributed by atoms with Gasteiger partial charge in [-0.3, -0.25) is 19.4 Å². The van der Waals surface area contributed by atoms with E-state index in [9.17, 15) is 18.8 Å². The van der Waals surface area contributed by atoms with Gasteiger partial charge in [0.2, 0.25) is 5.91 Å². The van der Waals surface area contributed by atoms with Gasteiger partial charge in [0.1, 0.15) is 11.5 Å². The standard InChI is InChI=1S/C18H20FN5O4S/c19-11-5-3-10(4-6-11)16(26)22-14-15(20)23-18(24-17(14)27)29-9-13(25)21-8-12-2-1-7-28-12/h3-6,12H,1-2,7-9H2,(H,21,25)(H,22,26)(H3,20,23,24,27)/t12-/m0/s1. The summed E-state index contributed by atoms with van der Waals surface area (Å²) < 4.78 is 18.4. The monoisotopic (exact) mass is 421 g/mol. The van der Waals surface area contributed by atoms with Crippen LogP contribution in [0.25, 0.3) is 0 Å². The molecule has 1 saturated heterocycles. The first kappa shape index (κ1) is 20.8. The third kappa shape index (κ3) is 5.78. The van der Waals surface area contributed by atoms with Gasteiger partial charge < -0.3 is 21.1 Å². The normalized spacial score (nSPS) is 15.8. The number of carbonyl (C=O) groups excluding carboxylic acids is 2. The predicted octanol–water partition coefficient (Wildman–Crippen LogP) is 1.13. The molecule has 5 N–H and O–H groups in total. The number of carbonyl (C=O) groups is 2. The van der Waals surface area contributed by atoms with Crippen LogP contribution >= 0.6 is 11.8 Å². The van der Waals surface area contributed by atoms with Crippen LogP contribution in [0.5, 0.6) is 0 Å². The summed E-state index contributed by atoms with van der Waals surface area (Å²) in [6.07, 6.45) is 1.95. The van der Waals surface area contributed by atoms with Crippen LogP contribution in [0, 0.1) is 5.82 Å². The Labute approximate surface area is 169 Å². The maximum absolute atomic E-state index is 13.0. The predicted molar refractivity (Wildman–Crippen MR) is 106 cm³/mol. The summed E-state index contributed by atoms with van der Waals surface area (Å²) in [7, 11) is 0. The maximum atomic E-state index is 13.0. The van der Waals surface area contributed by atoms with Crippen molar-refractivity contribution in [2.75, 3.05) is 30.0 Å². The molecule has 0 bridgehead atoms. The number of ether oxygens (including phenoxy) is 1. The summed E-state index contributed by atoms with van der Waals surface area (Å²) >= 11 is 1.01. The third-order valence-electron chi connectivity index (χ3n) is 4.16. The molecule has 11 heteroatoms. The average Bonchev–Trinajstić information content (AvgIpc) is 3.21.